The molecule has 1 rings (SSSR count). The minimum Gasteiger partial charge on any atom is -0.481 e. The average Bonchev–Trinajstić information content (AvgIpc) is 2.45. The molecular formula is C14H16O7. The molecule has 0 radical (unpaired) electrons. The molecule has 21 heavy (non-hydrogen) atoms. The molecule has 0 aliphatic heterocycles. The van der Waals surface area contributed by atoms with E-state index in [1.165, 1.54) is 0 Å². The van der Waals surface area contributed by atoms with Crippen LogP contribution in [0.25, 0.3) is 0 Å². The maximum Gasteiger partial charge on any atom is 0.508 e. The SMILES string of the molecule is COC(=O)CC(CC(=O)O)OC(=O)OCc1ccccc1. The number of rotatable bonds is 7. The summed E-state index contributed by atoms with van der Waals surface area (Å²) in [5, 5.41) is 8.71. The molecule has 7 heteroatoms. The maximum atomic E-state index is 11.5. The minimum absolute atomic E-state index is 0.00229. The van der Waals surface area contributed by atoms with Crippen molar-refractivity contribution < 1.29 is 33.7 Å². The highest BCUT2D eigenvalue weighted by molar-refractivity contribution is 5.73. The van der Waals surface area contributed by atoms with Gasteiger partial charge < -0.3 is 19.3 Å². The zero-order valence-electron chi connectivity index (χ0n) is 11.5. The first-order chi connectivity index (χ1) is 10.0. The molecule has 0 aliphatic carbocycles. The molecule has 114 valence electrons. The summed E-state index contributed by atoms with van der Waals surface area (Å²) in [6, 6.07) is 8.91. The first kappa shape index (κ1) is 16.5. The number of hydrogen-bond donors (Lipinski definition) is 1. The predicted molar refractivity (Wildman–Crippen MR) is 70.4 cm³/mol. The third-order valence-corrected chi connectivity index (χ3v) is 2.49. The first-order valence-electron chi connectivity index (χ1n) is 6.17. The third-order valence-electron chi connectivity index (χ3n) is 2.49. The van der Waals surface area contributed by atoms with Crippen molar-refractivity contribution in [1.82, 2.24) is 0 Å². The molecule has 0 aromatic heterocycles. The van der Waals surface area contributed by atoms with Crippen molar-refractivity contribution in [2.45, 2.75) is 25.6 Å². The highest BCUT2D eigenvalue weighted by Crippen LogP contribution is 2.09. The summed E-state index contributed by atoms with van der Waals surface area (Å²) in [5.74, 6) is -1.86. The number of esters is 1. The monoisotopic (exact) mass is 296 g/mol. The Hall–Kier alpha value is -2.57. The van der Waals surface area contributed by atoms with Crippen LogP contribution in [0.4, 0.5) is 4.79 Å². The largest absolute Gasteiger partial charge is 0.508 e. The lowest BCUT2D eigenvalue weighted by molar-refractivity contribution is -0.145. The van der Waals surface area contributed by atoms with Gasteiger partial charge in [-0.2, -0.15) is 0 Å². The van der Waals surface area contributed by atoms with E-state index < -0.39 is 30.6 Å². The Morgan fingerprint density at radius 2 is 1.81 bits per heavy atom. The van der Waals surface area contributed by atoms with Crippen molar-refractivity contribution >= 4 is 18.1 Å². The molecule has 7 nitrogen and oxygen atoms in total. The van der Waals surface area contributed by atoms with Gasteiger partial charge in [-0.1, -0.05) is 30.3 Å². The van der Waals surface area contributed by atoms with Crippen LogP contribution < -0.4 is 0 Å². The number of carbonyl (C=O) groups is 3. The Labute approximate surface area is 121 Å². The zero-order chi connectivity index (χ0) is 15.7. The van der Waals surface area contributed by atoms with Gasteiger partial charge >= 0.3 is 18.1 Å². The van der Waals surface area contributed by atoms with Crippen molar-refractivity contribution in [3.05, 3.63) is 35.9 Å². The number of hydrogen-bond acceptors (Lipinski definition) is 6. The van der Waals surface area contributed by atoms with Crippen LogP contribution in [-0.4, -0.2) is 36.4 Å². The predicted octanol–water partition coefficient (Wildman–Crippen LogP) is 1.75. The molecule has 1 aromatic rings. The van der Waals surface area contributed by atoms with E-state index >= 15 is 0 Å². The number of aliphatic carboxylic acids is 1. The normalized spacial score (nSPS) is 11.3. The summed E-state index contributed by atoms with van der Waals surface area (Å²) in [7, 11) is 1.16. The topological polar surface area (TPSA) is 99.1 Å². The molecule has 0 bridgehead atoms. The fraction of sp³-hybridized carbons (Fsp3) is 0.357. The van der Waals surface area contributed by atoms with Gasteiger partial charge in [0.05, 0.1) is 20.0 Å². The van der Waals surface area contributed by atoms with Gasteiger partial charge in [0.2, 0.25) is 0 Å². The summed E-state index contributed by atoms with van der Waals surface area (Å²) in [4.78, 5) is 33.3. The smallest absolute Gasteiger partial charge is 0.481 e. The fourth-order valence-electron chi connectivity index (χ4n) is 1.51. The van der Waals surface area contributed by atoms with Crippen molar-refractivity contribution in [3.8, 4) is 0 Å². The Bertz CT molecular complexity index is 483. The number of methoxy groups -OCH3 is 1. The lowest BCUT2D eigenvalue weighted by Gasteiger charge is -2.14. The number of ether oxygens (including phenoxy) is 3. The first-order valence-corrected chi connectivity index (χ1v) is 6.17. The second-order valence-corrected chi connectivity index (χ2v) is 4.14. The van der Waals surface area contributed by atoms with Gasteiger partial charge in [0.15, 0.2) is 0 Å². The molecule has 1 unspecified atom stereocenters. The number of carboxylic acid groups (broad SMARTS) is 1. The van der Waals surface area contributed by atoms with Crippen LogP contribution in [0, 0.1) is 0 Å². The van der Waals surface area contributed by atoms with Crippen LogP contribution in [0.1, 0.15) is 18.4 Å². The van der Waals surface area contributed by atoms with Crippen LogP contribution in [-0.2, 0) is 30.4 Å². The fourth-order valence-corrected chi connectivity index (χ4v) is 1.51. The van der Waals surface area contributed by atoms with E-state index in [0.717, 1.165) is 12.7 Å². The van der Waals surface area contributed by atoms with E-state index in [9.17, 15) is 14.4 Å². The molecule has 0 aliphatic rings. The highest BCUT2D eigenvalue weighted by atomic mass is 16.7. The number of benzene rings is 1. The van der Waals surface area contributed by atoms with Gasteiger partial charge in [-0.05, 0) is 5.56 Å². The van der Waals surface area contributed by atoms with Crippen molar-refractivity contribution in [2.24, 2.45) is 0 Å². The Kier molecular flexibility index (Phi) is 6.73. The van der Waals surface area contributed by atoms with Crippen LogP contribution in [0.5, 0.6) is 0 Å². The molecular weight excluding hydrogens is 280 g/mol. The average molecular weight is 296 g/mol. The van der Waals surface area contributed by atoms with Gasteiger partial charge in [0.25, 0.3) is 0 Å². The van der Waals surface area contributed by atoms with Gasteiger partial charge in [-0.15, -0.1) is 0 Å². The third kappa shape index (κ3) is 6.95. The molecule has 0 spiro atoms. The van der Waals surface area contributed by atoms with Gasteiger partial charge in [0, 0.05) is 0 Å². The number of carbonyl (C=O) groups excluding carboxylic acids is 2. The molecule has 0 saturated carbocycles. The summed E-state index contributed by atoms with van der Waals surface area (Å²) in [6.45, 7) is -0.00229. The van der Waals surface area contributed by atoms with Crippen LogP contribution in [0.3, 0.4) is 0 Å². The maximum absolute atomic E-state index is 11.5. The van der Waals surface area contributed by atoms with E-state index in [1.807, 2.05) is 6.07 Å². The van der Waals surface area contributed by atoms with Crippen molar-refractivity contribution in [2.75, 3.05) is 7.11 Å². The standard InChI is InChI=1S/C14H16O7/c1-19-13(17)8-11(7-12(15)16)21-14(18)20-9-10-5-3-2-4-6-10/h2-6,11H,7-9H2,1H3,(H,15,16). The quantitative estimate of drug-likeness (QED) is 0.765. The van der Waals surface area contributed by atoms with Crippen molar-refractivity contribution in [3.63, 3.8) is 0 Å². The zero-order valence-corrected chi connectivity index (χ0v) is 11.5. The summed E-state index contributed by atoms with van der Waals surface area (Å²) in [5.41, 5.74) is 0.761. The number of carboxylic acids is 1. The van der Waals surface area contributed by atoms with Crippen molar-refractivity contribution in [1.29, 1.82) is 0 Å². The second-order valence-electron chi connectivity index (χ2n) is 4.14. The van der Waals surface area contributed by atoms with E-state index in [-0.39, 0.29) is 13.0 Å². The second kappa shape index (κ2) is 8.57. The summed E-state index contributed by atoms with van der Waals surface area (Å²) >= 11 is 0. The molecule has 1 N–H and O–H groups in total. The van der Waals surface area contributed by atoms with E-state index in [1.54, 1.807) is 24.3 Å². The van der Waals surface area contributed by atoms with Gasteiger partial charge in [-0.3, -0.25) is 9.59 Å². The van der Waals surface area contributed by atoms with Gasteiger partial charge in [-0.25, -0.2) is 4.79 Å². The lowest BCUT2D eigenvalue weighted by atomic mass is 10.2. The molecule has 0 amide bonds. The van der Waals surface area contributed by atoms with Crippen LogP contribution >= 0.6 is 0 Å². The van der Waals surface area contributed by atoms with E-state index in [2.05, 4.69) is 4.74 Å². The minimum atomic E-state index is -1.19. The highest BCUT2D eigenvalue weighted by Gasteiger charge is 2.22. The molecule has 1 atom stereocenters. The molecule has 1 aromatic carbocycles. The Balaban J connectivity index is 2.47. The molecule has 0 fully saturated rings. The Morgan fingerprint density at radius 1 is 1.14 bits per heavy atom. The van der Waals surface area contributed by atoms with Gasteiger partial charge in [0.1, 0.15) is 12.7 Å². The van der Waals surface area contributed by atoms with Crippen LogP contribution in [0.15, 0.2) is 30.3 Å². The van der Waals surface area contributed by atoms with E-state index in [0.29, 0.717) is 0 Å². The summed E-state index contributed by atoms with van der Waals surface area (Å²) < 4.78 is 14.1. The van der Waals surface area contributed by atoms with Crippen LogP contribution in [0.2, 0.25) is 0 Å². The Morgan fingerprint density at radius 3 is 2.38 bits per heavy atom. The lowest BCUT2D eigenvalue weighted by Crippen LogP contribution is -2.25. The molecule has 0 heterocycles. The molecule has 0 saturated heterocycles. The summed E-state index contributed by atoms with van der Waals surface area (Å²) in [6.07, 6.45) is -3.01. The van der Waals surface area contributed by atoms with E-state index in [4.69, 9.17) is 14.6 Å².